The second-order valence-electron chi connectivity index (χ2n) is 6.02. The number of hydrogen-bond donors (Lipinski definition) is 1. The highest BCUT2D eigenvalue weighted by Crippen LogP contribution is 2.36. The number of benzene rings is 1. The van der Waals surface area contributed by atoms with Crippen molar-refractivity contribution in [3.8, 4) is 0 Å². The molecule has 0 bridgehead atoms. The summed E-state index contributed by atoms with van der Waals surface area (Å²) in [7, 11) is 0. The largest absolute Gasteiger partial charge is 0.309 e. The van der Waals surface area contributed by atoms with E-state index in [9.17, 15) is 8.78 Å². The average Bonchev–Trinajstić information content (AvgIpc) is 3.12. The minimum Gasteiger partial charge on any atom is -0.309 e. The summed E-state index contributed by atoms with van der Waals surface area (Å²) in [5, 5.41) is 4.23. The molecule has 4 heteroatoms. The van der Waals surface area contributed by atoms with Gasteiger partial charge in [0.05, 0.1) is 4.70 Å². The Morgan fingerprint density at radius 2 is 2.05 bits per heavy atom. The predicted octanol–water partition coefficient (Wildman–Crippen LogP) is 4.63. The molecule has 20 heavy (non-hydrogen) atoms. The average molecular weight is 295 g/mol. The maximum Gasteiger partial charge on any atom is 0.143 e. The minimum absolute atomic E-state index is 0.437. The third-order valence-corrected chi connectivity index (χ3v) is 4.89. The first kappa shape index (κ1) is 14.0. The second-order valence-corrected chi connectivity index (χ2v) is 7.13. The third-order valence-electron chi connectivity index (χ3n) is 3.64. The van der Waals surface area contributed by atoms with Crippen molar-refractivity contribution in [2.24, 2.45) is 5.92 Å². The van der Waals surface area contributed by atoms with E-state index in [1.54, 1.807) is 0 Å². The lowest BCUT2D eigenvalue weighted by atomic mass is 9.99. The molecule has 0 aliphatic heterocycles. The molecule has 0 amide bonds. The molecule has 1 heterocycles. The molecule has 0 saturated heterocycles. The molecule has 1 nitrogen and oxygen atoms in total. The van der Waals surface area contributed by atoms with Gasteiger partial charge in [-0.1, -0.05) is 13.8 Å². The molecule has 1 aliphatic carbocycles. The molecule has 1 aromatic heterocycles. The zero-order valence-electron chi connectivity index (χ0n) is 11.8. The van der Waals surface area contributed by atoms with Gasteiger partial charge in [-0.3, -0.25) is 0 Å². The van der Waals surface area contributed by atoms with Crippen LogP contribution in [-0.2, 0) is 13.0 Å². The maximum atomic E-state index is 13.9. The number of rotatable bonds is 5. The van der Waals surface area contributed by atoms with Crippen LogP contribution < -0.4 is 5.32 Å². The minimum atomic E-state index is -0.487. The van der Waals surface area contributed by atoms with Crippen LogP contribution in [0.25, 0.3) is 10.1 Å². The molecule has 2 aromatic rings. The van der Waals surface area contributed by atoms with E-state index >= 15 is 0 Å². The van der Waals surface area contributed by atoms with E-state index in [4.69, 9.17) is 0 Å². The first-order valence-corrected chi connectivity index (χ1v) is 7.99. The van der Waals surface area contributed by atoms with Gasteiger partial charge >= 0.3 is 0 Å². The van der Waals surface area contributed by atoms with E-state index < -0.39 is 11.6 Å². The summed E-state index contributed by atoms with van der Waals surface area (Å²) in [6.07, 6.45) is 3.32. The lowest BCUT2D eigenvalue weighted by Crippen LogP contribution is -2.15. The van der Waals surface area contributed by atoms with Crippen LogP contribution in [0.4, 0.5) is 8.78 Å². The Bertz CT molecular complexity index is 629. The topological polar surface area (TPSA) is 12.0 Å². The summed E-state index contributed by atoms with van der Waals surface area (Å²) < 4.78 is 28.0. The number of thiophene rings is 1. The molecule has 1 aromatic carbocycles. The molecule has 0 radical (unpaired) electrons. The van der Waals surface area contributed by atoms with Gasteiger partial charge in [-0.15, -0.1) is 11.3 Å². The van der Waals surface area contributed by atoms with Crippen LogP contribution >= 0.6 is 11.3 Å². The molecule has 3 rings (SSSR count). The molecule has 0 unspecified atom stereocenters. The van der Waals surface area contributed by atoms with Gasteiger partial charge in [0, 0.05) is 28.9 Å². The molecule has 1 fully saturated rings. The Hall–Kier alpha value is -1.00. The lowest BCUT2D eigenvalue weighted by molar-refractivity contribution is 0.592. The normalized spacial score (nSPS) is 15.4. The summed E-state index contributed by atoms with van der Waals surface area (Å²) >= 11 is 1.47. The zero-order chi connectivity index (χ0) is 14.3. The first-order valence-electron chi connectivity index (χ1n) is 7.17. The highest BCUT2D eigenvalue weighted by molar-refractivity contribution is 7.19. The third kappa shape index (κ3) is 2.86. The van der Waals surface area contributed by atoms with E-state index in [2.05, 4.69) is 19.2 Å². The van der Waals surface area contributed by atoms with E-state index in [0.29, 0.717) is 16.7 Å². The SMILES string of the molecule is CC(C)Cc1c(CNC2CC2)sc2c(F)cc(F)cc12. The molecule has 1 saturated carbocycles. The van der Waals surface area contributed by atoms with Crippen LogP contribution in [-0.4, -0.2) is 6.04 Å². The van der Waals surface area contributed by atoms with Crippen molar-refractivity contribution in [2.75, 3.05) is 0 Å². The van der Waals surface area contributed by atoms with Crippen LogP contribution in [0.5, 0.6) is 0 Å². The van der Waals surface area contributed by atoms with Crippen LogP contribution in [0.1, 0.15) is 37.1 Å². The van der Waals surface area contributed by atoms with Crippen molar-refractivity contribution < 1.29 is 8.78 Å². The Balaban J connectivity index is 2.03. The number of fused-ring (bicyclic) bond motifs is 1. The van der Waals surface area contributed by atoms with Gasteiger partial charge in [0.15, 0.2) is 0 Å². The molecular formula is C16H19F2NS. The van der Waals surface area contributed by atoms with Gasteiger partial charge < -0.3 is 5.32 Å². The van der Waals surface area contributed by atoms with Gasteiger partial charge in [0.2, 0.25) is 0 Å². The number of nitrogens with one attached hydrogen (secondary N) is 1. The van der Waals surface area contributed by atoms with Crippen molar-refractivity contribution in [1.29, 1.82) is 0 Å². The zero-order valence-corrected chi connectivity index (χ0v) is 12.6. The fourth-order valence-corrected chi connectivity index (χ4v) is 3.69. The van der Waals surface area contributed by atoms with Crippen molar-refractivity contribution in [3.63, 3.8) is 0 Å². The lowest BCUT2D eigenvalue weighted by Gasteiger charge is -2.08. The summed E-state index contributed by atoms with van der Waals surface area (Å²) in [6, 6.07) is 3.08. The first-order chi connectivity index (χ1) is 9.54. The van der Waals surface area contributed by atoms with E-state index in [-0.39, 0.29) is 0 Å². The van der Waals surface area contributed by atoms with Gasteiger partial charge in [-0.2, -0.15) is 0 Å². The maximum absolute atomic E-state index is 13.9. The van der Waals surface area contributed by atoms with Crippen molar-refractivity contribution in [3.05, 3.63) is 34.2 Å². The second kappa shape index (κ2) is 5.41. The Morgan fingerprint density at radius 3 is 2.70 bits per heavy atom. The smallest absolute Gasteiger partial charge is 0.143 e. The standard InChI is InChI=1S/C16H19F2NS/c1-9(2)5-12-13-6-10(17)7-14(18)16(13)20-15(12)8-19-11-3-4-11/h6-7,9,11,19H,3-5,8H2,1-2H3. The van der Waals surface area contributed by atoms with Crippen LogP contribution in [0, 0.1) is 17.6 Å². The summed E-state index contributed by atoms with van der Waals surface area (Å²) in [6.45, 7) is 5.04. The molecule has 1 N–H and O–H groups in total. The van der Waals surface area contributed by atoms with Crippen LogP contribution in [0.2, 0.25) is 0 Å². The molecule has 108 valence electrons. The quantitative estimate of drug-likeness (QED) is 0.848. The Kier molecular flexibility index (Phi) is 3.78. The van der Waals surface area contributed by atoms with E-state index in [0.717, 1.165) is 34.9 Å². The molecule has 0 atom stereocenters. The highest BCUT2D eigenvalue weighted by Gasteiger charge is 2.22. The van der Waals surface area contributed by atoms with Crippen LogP contribution in [0.3, 0.4) is 0 Å². The number of hydrogen-bond acceptors (Lipinski definition) is 2. The molecular weight excluding hydrogens is 276 g/mol. The van der Waals surface area contributed by atoms with Gasteiger partial charge in [0.1, 0.15) is 11.6 Å². The van der Waals surface area contributed by atoms with Crippen LogP contribution in [0.15, 0.2) is 12.1 Å². The van der Waals surface area contributed by atoms with Gasteiger partial charge in [-0.05, 0) is 36.8 Å². The number of halogens is 2. The van der Waals surface area contributed by atoms with E-state index in [1.165, 1.54) is 30.2 Å². The van der Waals surface area contributed by atoms with E-state index in [1.807, 2.05) is 0 Å². The summed E-state index contributed by atoms with van der Waals surface area (Å²) in [5.41, 5.74) is 1.12. The molecule has 0 spiro atoms. The predicted molar refractivity (Wildman–Crippen MR) is 80.1 cm³/mol. The van der Waals surface area contributed by atoms with Gasteiger partial charge in [-0.25, -0.2) is 8.78 Å². The molecule has 1 aliphatic rings. The summed E-state index contributed by atoms with van der Waals surface area (Å²) in [4.78, 5) is 1.16. The fourth-order valence-electron chi connectivity index (χ4n) is 2.52. The van der Waals surface area contributed by atoms with Crippen molar-refractivity contribution >= 4 is 21.4 Å². The van der Waals surface area contributed by atoms with Gasteiger partial charge in [0.25, 0.3) is 0 Å². The van der Waals surface area contributed by atoms with Crippen molar-refractivity contribution in [1.82, 2.24) is 5.32 Å². The fraction of sp³-hybridized carbons (Fsp3) is 0.500. The van der Waals surface area contributed by atoms with Crippen molar-refractivity contribution in [2.45, 2.75) is 45.7 Å². The summed E-state index contributed by atoms with van der Waals surface area (Å²) in [5.74, 6) is -0.453. The Labute approximate surface area is 122 Å². The highest BCUT2D eigenvalue weighted by atomic mass is 32.1. The Morgan fingerprint density at radius 1 is 1.30 bits per heavy atom. The monoisotopic (exact) mass is 295 g/mol.